The molecule has 2 heterocycles. The van der Waals surface area contributed by atoms with Crippen molar-refractivity contribution in [2.45, 2.75) is 32.7 Å². The van der Waals surface area contributed by atoms with Gasteiger partial charge in [-0.05, 0) is 13.8 Å². The Morgan fingerprint density at radius 2 is 1.59 bits per heavy atom. The predicted octanol–water partition coefficient (Wildman–Crippen LogP) is 1.83. The van der Waals surface area contributed by atoms with Gasteiger partial charge in [0.2, 0.25) is 0 Å². The minimum Gasteiger partial charge on any atom is -0.271 e. The van der Waals surface area contributed by atoms with Gasteiger partial charge in [-0.3, -0.25) is 11.3 Å². The van der Waals surface area contributed by atoms with E-state index in [4.69, 9.17) is 5.84 Å². The number of aryl methyl sites for hydroxylation is 2. The van der Waals surface area contributed by atoms with Crippen LogP contribution in [0.5, 0.6) is 0 Å². The lowest BCUT2D eigenvalue weighted by molar-refractivity contribution is 0.520. The molecule has 4 nitrogen and oxygen atoms in total. The number of thiazole rings is 2. The van der Waals surface area contributed by atoms with Crippen LogP contribution < -0.4 is 11.3 Å². The molecule has 0 aliphatic rings. The van der Waals surface area contributed by atoms with E-state index < -0.39 is 0 Å². The molecule has 0 saturated carbocycles. The van der Waals surface area contributed by atoms with Crippen LogP contribution in [0.3, 0.4) is 0 Å². The summed E-state index contributed by atoms with van der Waals surface area (Å²) in [5.74, 6) is 5.59. The molecule has 0 spiro atoms. The van der Waals surface area contributed by atoms with Gasteiger partial charge in [0, 0.05) is 41.0 Å². The number of aromatic nitrogens is 2. The first-order valence-electron chi connectivity index (χ1n) is 5.45. The third kappa shape index (κ3) is 3.57. The first-order chi connectivity index (χ1) is 8.17. The second kappa shape index (κ2) is 5.68. The molecule has 17 heavy (non-hydrogen) atoms. The van der Waals surface area contributed by atoms with Crippen LogP contribution in [0.4, 0.5) is 0 Å². The van der Waals surface area contributed by atoms with Gasteiger partial charge in [0.15, 0.2) is 0 Å². The summed E-state index contributed by atoms with van der Waals surface area (Å²) >= 11 is 3.37. The second-order valence-electron chi connectivity index (χ2n) is 4.04. The fourth-order valence-electron chi connectivity index (χ4n) is 1.60. The maximum absolute atomic E-state index is 5.59. The molecule has 2 rings (SSSR count). The monoisotopic (exact) mass is 268 g/mol. The van der Waals surface area contributed by atoms with E-state index in [-0.39, 0.29) is 6.04 Å². The molecule has 2 aromatic rings. The Kier molecular flexibility index (Phi) is 4.22. The van der Waals surface area contributed by atoms with Crippen LogP contribution in [-0.4, -0.2) is 16.0 Å². The Bertz CT molecular complexity index is 435. The van der Waals surface area contributed by atoms with Gasteiger partial charge in [0.1, 0.15) is 0 Å². The highest BCUT2D eigenvalue weighted by molar-refractivity contribution is 7.10. The molecule has 92 valence electrons. The third-order valence-electron chi connectivity index (χ3n) is 2.41. The van der Waals surface area contributed by atoms with Gasteiger partial charge in [-0.2, -0.15) is 0 Å². The van der Waals surface area contributed by atoms with Gasteiger partial charge in [0.05, 0.1) is 10.0 Å². The molecule has 0 bridgehead atoms. The zero-order valence-electron chi connectivity index (χ0n) is 9.93. The first kappa shape index (κ1) is 12.6. The molecular weight excluding hydrogens is 252 g/mol. The number of nitrogens with one attached hydrogen (secondary N) is 1. The topological polar surface area (TPSA) is 63.8 Å². The SMILES string of the molecule is Cc1csc(CC(Cc2nc(C)cs2)NN)n1. The van der Waals surface area contributed by atoms with Gasteiger partial charge in [0.25, 0.3) is 0 Å². The summed E-state index contributed by atoms with van der Waals surface area (Å²) in [5.41, 5.74) is 5.00. The Balaban J connectivity index is 1.97. The normalized spacial score (nSPS) is 11.3. The van der Waals surface area contributed by atoms with Gasteiger partial charge in [-0.25, -0.2) is 9.97 Å². The van der Waals surface area contributed by atoms with Crippen LogP contribution in [0.15, 0.2) is 10.8 Å². The number of nitrogens with two attached hydrogens (primary N) is 1. The van der Waals surface area contributed by atoms with Gasteiger partial charge >= 0.3 is 0 Å². The zero-order chi connectivity index (χ0) is 12.3. The van der Waals surface area contributed by atoms with Crippen molar-refractivity contribution >= 4 is 22.7 Å². The lowest BCUT2D eigenvalue weighted by Crippen LogP contribution is -2.38. The molecule has 0 aliphatic carbocycles. The van der Waals surface area contributed by atoms with Crippen molar-refractivity contribution in [3.05, 3.63) is 32.2 Å². The van der Waals surface area contributed by atoms with Crippen molar-refractivity contribution in [1.82, 2.24) is 15.4 Å². The lowest BCUT2D eigenvalue weighted by Gasteiger charge is -2.12. The van der Waals surface area contributed by atoms with Crippen molar-refractivity contribution < 1.29 is 0 Å². The Morgan fingerprint density at radius 1 is 1.12 bits per heavy atom. The number of hydrogen-bond donors (Lipinski definition) is 2. The number of hydrazine groups is 1. The molecule has 0 amide bonds. The highest BCUT2D eigenvalue weighted by Gasteiger charge is 2.13. The fraction of sp³-hybridized carbons (Fsp3) is 0.455. The van der Waals surface area contributed by atoms with E-state index in [2.05, 4.69) is 26.2 Å². The Labute approximate surface area is 109 Å². The van der Waals surface area contributed by atoms with E-state index in [0.29, 0.717) is 0 Å². The van der Waals surface area contributed by atoms with E-state index in [1.54, 1.807) is 22.7 Å². The largest absolute Gasteiger partial charge is 0.271 e. The summed E-state index contributed by atoms with van der Waals surface area (Å²) < 4.78 is 0. The molecular formula is C11H16N4S2. The average molecular weight is 268 g/mol. The zero-order valence-corrected chi connectivity index (χ0v) is 11.6. The summed E-state index contributed by atoms with van der Waals surface area (Å²) in [5, 5.41) is 6.38. The number of hydrogen-bond acceptors (Lipinski definition) is 6. The van der Waals surface area contributed by atoms with Crippen LogP contribution in [0.1, 0.15) is 21.4 Å². The van der Waals surface area contributed by atoms with Crippen LogP contribution in [-0.2, 0) is 12.8 Å². The van der Waals surface area contributed by atoms with Crippen LogP contribution in [0, 0.1) is 13.8 Å². The molecule has 0 saturated heterocycles. The van der Waals surface area contributed by atoms with E-state index in [9.17, 15) is 0 Å². The van der Waals surface area contributed by atoms with Crippen LogP contribution in [0.25, 0.3) is 0 Å². The fourth-order valence-corrected chi connectivity index (χ4v) is 3.31. The van der Waals surface area contributed by atoms with Gasteiger partial charge in [-0.15, -0.1) is 22.7 Å². The van der Waals surface area contributed by atoms with Gasteiger partial charge in [-0.1, -0.05) is 0 Å². The third-order valence-corrected chi connectivity index (χ3v) is 4.39. The van der Waals surface area contributed by atoms with Crippen molar-refractivity contribution in [1.29, 1.82) is 0 Å². The molecule has 0 aromatic carbocycles. The van der Waals surface area contributed by atoms with E-state index in [0.717, 1.165) is 34.2 Å². The van der Waals surface area contributed by atoms with Gasteiger partial charge < -0.3 is 0 Å². The quantitative estimate of drug-likeness (QED) is 0.641. The lowest BCUT2D eigenvalue weighted by atomic mass is 10.1. The molecule has 0 unspecified atom stereocenters. The highest BCUT2D eigenvalue weighted by atomic mass is 32.1. The smallest absolute Gasteiger partial charge is 0.0944 e. The van der Waals surface area contributed by atoms with E-state index in [1.807, 2.05) is 13.8 Å². The first-order valence-corrected chi connectivity index (χ1v) is 7.21. The number of rotatable bonds is 5. The molecule has 0 fully saturated rings. The number of nitrogens with zero attached hydrogens (tertiary/aromatic N) is 2. The van der Waals surface area contributed by atoms with E-state index in [1.165, 1.54) is 0 Å². The summed E-state index contributed by atoms with van der Waals surface area (Å²) in [4.78, 5) is 8.90. The second-order valence-corrected chi connectivity index (χ2v) is 5.92. The van der Waals surface area contributed by atoms with Crippen molar-refractivity contribution in [2.24, 2.45) is 5.84 Å². The Morgan fingerprint density at radius 3 is 1.88 bits per heavy atom. The Hall–Kier alpha value is -0.820. The highest BCUT2D eigenvalue weighted by Crippen LogP contribution is 2.15. The molecule has 6 heteroatoms. The maximum atomic E-state index is 5.59. The van der Waals surface area contributed by atoms with Crippen LogP contribution in [0.2, 0.25) is 0 Å². The molecule has 0 aliphatic heterocycles. The minimum absolute atomic E-state index is 0.200. The van der Waals surface area contributed by atoms with Crippen molar-refractivity contribution in [3.63, 3.8) is 0 Å². The predicted molar refractivity (Wildman–Crippen MR) is 72.2 cm³/mol. The molecule has 0 atom stereocenters. The van der Waals surface area contributed by atoms with Crippen molar-refractivity contribution in [3.8, 4) is 0 Å². The van der Waals surface area contributed by atoms with Crippen molar-refractivity contribution in [2.75, 3.05) is 0 Å². The molecule has 0 radical (unpaired) electrons. The summed E-state index contributed by atoms with van der Waals surface area (Å²) in [6.45, 7) is 4.02. The van der Waals surface area contributed by atoms with E-state index >= 15 is 0 Å². The molecule has 3 N–H and O–H groups in total. The minimum atomic E-state index is 0.200. The summed E-state index contributed by atoms with van der Waals surface area (Å²) in [6.07, 6.45) is 1.71. The standard InChI is InChI=1S/C11H16N4S2/c1-7-5-16-10(13-7)3-9(15-12)4-11-14-8(2)6-17-11/h5-6,9,15H,3-4,12H2,1-2H3. The van der Waals surface area contributed by atoms with Crippen LogP contribution >= 0.6 is 22.7 Å². The summed E-state index contributed by atoms with van der Waals surface area (Å²) in [7, 11) is 0. The average Bonchev–Trinajstić information content (AvgIpc) is 2.87. The molecule has 2 aromatic heterocycles. The summed E-state index contributed by atoms with van der Waals surface area (Å²) in [6, 6.07) is 0.200. The maximum Gasteiger partial charge on any atom is 0.0944 e.